The van der Waals surface area contributed by atoms with Crippen LogP contribution in [0.3, 0.4) is 0 Å². The summed E-state index contributed by atoms with van der Waals surface area (Å²) in [4.78, 5) is 11.6. The molecular weight excluding hydrogens is 280 g/mol. The molecule has 0 heterocycles. The molecule has 0 radical (unpaired) electrons. The Balaban J connectivity index is 2.96. The molecule has 0 unspecified atom stereocenters. The van der Waals surface area contributed by atoms with Gasteiger partial charge in [-0.05, 0) is 32.0 Å². The molecule has 2 amide bonds. The molecule has 0 bridgehead atoms. The van der Waals surface area contributed by atoms with Crippen molar-refractivity contribution < 1.29 is 27.5 Å². The summed E-state index contributed by atoms with van der Waals surface area (Å²) in [6.45, 7) is 2.58. The van der Waals surface area contributed by atoms with Gasteiger partial charge < -0.3 is 15.7 Å². The van der Waals surface area contributed by atoms with Crippen LogP contribution in [0.1, 0.15) is 19.4 Å². The molecule has 0 atom stereocenters. The van der Waals surface area contributed by atoms with Gasteiger partial charge >= 0.3 is 12.2 Å². The number of urea groups is 1. The zero-order valence-electron chi connectivity index (χ0n) is 10.8. The van der Waals surface area contributed by atoms with Crippen molar-refractivity contribution in [3.63, 3.8) is 0 Å². The van der Waals surface area contributed by atoms with Gasteiger partial charge in [0.05, 0.1) is 23.4 Å². The molecule has 0 spiro atoms. The number of halogens is 4. The van der Waals surface area contributed by atoms with E-state index in [4.69, 9.17) is 5.11 Å². The van der Waals surface area contributed by atoms with Crippen LogP contribution in [-0.2, 0) is 6.18 Å². The zero-order chi connectivity index (χ0) is 15.6. The van der Waals surface area contributed by atoms with Gasteiger partial charge in [0.15, 0.2) is 0 Å². The van der Waals surface area contributed by atoms with Gasteiger partial charge in [0.2, 0.25) is 0 Å². The van der Waals surface area contributed by atoms with Crippen molar-refractivity contribution in [1.29, 1.82) is 0 Å². The number of nitrogens with one attached hydrogen (secondary N) is 2. The lowest BCUT2D eigenvalue weighted by Gasteiger charge is -2.24. The normalized spacial score (nSPS) is 12.2. The number of aliphatic hydroxyl groups is 1. The van der Waals surface area contributed by atoms with Crippen molar-refractivity contribution in [1.82, 2.24) is 5.32 Å². The van der Waals surface area contributed by atoms with Crippen LogP contribution in [-0.4, -0.2) is 23.3 Å². The maximum Gasteiger partial charge on any atom is 0.418 e. The third-order valence-corrected chi connectivity index (χ3v) is 2.38. The van der Waals surface area contributed by atoms with Crippen molar-refractivity contribution in [2.24, 2.45) is 0 Å². The molecule has 0 saturated heterocycles. The average molecular weight is 294 g/mol. The molecule has 3 N–H and O–H groups in total. The van der Waals surface area contributed by atoms with Crippen LogP contribution in [0.5, 0.6) is 0 Å². The number of anilines is 1. The highest BCUT2D eigenvalue weighted by molar-refractivity contribution is 5.90. The molecule has 8 heteroatoms. The number of alkyl halides is 3. The fraction of sp³-hybridized carbons (Fsp3) is 0.417. The number of rotatable bonds is 3. The Morgan fingerprint density at radius 1 is 1.30 bits per heavy atom. The van der Waals surface area contributed by atoms with E-state index >= 15 is 0 Å². The highest BCUT2D eigenvalue weighted by atomic mass is 19.4. The quantitative estimate of drug-likeness (QED) is 0.751. The maximum absolute atomic E-state index is 12.9. The molecular formula is C12H14F4N2O2. The Labute approximate surface area is 112 Å². The Hall–Kier alpha value is -1.83. The number of aliphatic hydroxyl groups excluding tert-OH is 1. The maximum atomic E-state index is 12.9. The van der Waals surface area contributed by atoms with Crippen LogP contribution in [0.15, 0.2) is 18.2 Å². The number of carbonyl (C=O) groups excluding carboxylic acids is 1. The van der Waals surface area contributed by atoms with Crippen LogP contribution in [0.2, 0.25) is 0 Å². The molecule has 0 saturated carbocycles. The summed E-state index contributed by atoms with van der Waals surface area (Å²) in [6, 6.07) is 1.000. The van der Waals surface area contributed by atoms with Crippen LogP contribution in [0, 0.1) is 5.82 Å². The van der Waals surface area contributed by atoms with Crippen LogP contribution >= 0.6 is 0 Å². The van der Waals surface area contributed by atoms with E-state index in [-0.39, 0.29) is 0 Å². The van der Waals surface area contributed by atoms with E-state index in [1.165, 1.54) is 13.8 Å². The first-order chi connectivity index (χ1) is 9.05. The number of amides is 2. The fourth-order valence-electron chi connectivity index (χ4n) is 1.36. The fourth-order valence-corrected chi connectivity index (χ4v) is 1.36. The Morgan fingerprint density at radius 3 is 2.40 bits per heavy atom. The third kappa shape index (κ3) is 4.37. The van der Waals surface area contributed by atoms with E-state index < -0.39 is 41.4 Å². The van der Waals surface area contributed by atoms with Gasteiger partial charge in [-0.2, -0.15) is 13.2 Å². The van der Waals surface area contributed by atoms with Gasteiger partial charge in [-0.1, -0.05) is 0 Å². The smallest absolute Gasteiger partial charge is 0.394 e. The topological polar surface area (TPSA) is 61.4 Å². The minimum atomic E-state index is -4.79. The summed E-state index contributed by atoms with van der Waals surface area (Å²) in [5, 5.41) is 13.2. The molecule has 0 aliphatic carbocycles. The molecule has 0 aliphatic heterocycles. The lowest BCUT2D eigenvalue weighted by atomic mass is 10.1. The number of carbonyl (C=O) groups is 1. The van der Waals surface area contributed by atoms with Gasteiger partial charge in [-0.25, -0.2) is 9.18 Å². The first-order valence-electron chi connectivity index (χ1n) is 5.62. The predicted octanol–water partition coefficient (Wildman–Crippen LogP) is 2.74. The van der Waals surface area contributed by atoms with Crippen LogP contribution < -0.4 is 10.6 Å². The predicted molar refractivity (Wildman–Crippen MR) is 64.7 cm³/mol. The van der Waals surface area contributed by atoms with Crippen LogP contribution in [0.25, 0.3) is 0 Å². The van der Waals surface area contributed by atoms with Crippen molar-refractivity contribution in [2.45, 2.75) is 25.6 Å². The van der Waals surface area contributed by atoms with E-state index in [2.05, 4.69) is 5.32 Å². The van der Waals surface area contributed by atoms with E-state index in [1.807, 2.05) is 5.32 Å². The minimum absolute atomic E-state index is 0.298. The highest BCUT2D eigenvalue weighted by Gasteiger charge is 2.34. The van der Waals surface area contributed by atoms with Gasteiger partial charge in [-0.15, -0.1) is 0 Å². The third-order valence-electron chi connectivity index (χ3n) is 2.38. The second kappa shape index (κ2) is 5.66. The van der Waals surface area contributed by atoms with Crippen molar-refractivity contribution in [3.05, 3.63) is 29.6 Å². The van der Waals surface area contributed by atoms with E-state index in [9.17, 15) is 22.4 Å². The summed E-state index contributed by atoms with van der Waals surface area (Å²) in [5.74, 6) is -1.06. The van der Waals surface area contributed by atoms with E-state index in [1.54, 1.807) is 0 Å². The first-order valence-corrected chi connectivity index (χ1v) is 5.62. The SMILES string of the molecule is CC(C)(CO)NC(=O)Nc1ccc(F)cc1C(F)(F)F. The van der Waals surface area contributed by atoms with Gasteiger partial charge in [0.1, 0.15) is 5.82 Å². The molecule has 1 rings (SSSR count). The summed E-state index contributed by atoms with van der Waals surface area (Å²) < 4.78 is 51.0. The van der Waals surface area contributed by atoms with Crippen molar-refractivity contribution >= 4 is 11.7 Å². The number of hydrogen-bond acceptors (Lipinski definition) is 2. The van der Waals surface area contributed by atoms with E-state index in [0.717, 1.165) is 12.1 Å². The summed E-state index contributed by atoms with van der Waals surface area (Å²) in [7, 11) is 0. The zero-order valence-corrected chi connectivity index (χ0v) is 10.8. The molecule has 0 aliphatic rings. The minimum Gasteiger partial charge on any atom is -0.394 e. The first kappa shape index (κ1) is 16.2. The van der Waals surface area contributed by atoms with Crippen molar-refractivity contribution in [3.8, 4) is 0 Å². The Morgan fingerprint density at radius 2 is 1.90 bits per heavy atom. The highest BCUT2D eigenvalue weighted by Crippen LogP contribution is 2.35. The molecule has 1 aromatic rings. The molecule has 1 aromatic carbocycles. The second-order valence-electron chi connectivity index (χ2n) is 4.81. The van der Waals surface area contributed by atoms with Gasteiger partial charge in [-0.3, -0.25) is 0 Å². The van der Waals surface area contributed by atoms with Crippen molar-refractivity contribution in [2.75, 3.05) is 11.9 Å². The number of hydrogen-bond donors (Lipinski definition) is 3. The standard InChI is InChI=1S/C12H14F4N2O2/c1-11(2,6-19)18-10(20)17-9-4-3-7(13)5-8(9)12(14,15)16/h3-5,19H,6H2,1-2H3,(H2,17,18,20). The summed E-state index contributed by atoms with van der Waals surface area (Å²) >= 11 is 0. The van der Waals surface area contributed by atoms with Gasteiger partial charge in [0.25, 0.3) is 0 Å². The average Bonchev–Trinajstić information content (AvgIpc) is 2.29. The molecule has 0 fully saturated rings. The van der Waals surface area contributed by atoms with E-state index in [0.29, 0.717) is 6.07 Å². The molecule has 4 nitrogen and oxygen atoms in total. The Bertz CT molecular complexity index is 501. The monoisotopic (exact) mass is 294 g/mol. The largest absolute Gasteiger partial charge is 0.418 e. The lowest BCUT2D eigenvalue weighted by molar-refractivity contribution is -0.137. The lowest BCUT2D eigenvalue weighted by Crippen LogP contribution is -2.48. The second-order valence-corrected chi connectivity index (χ2v) is 4.81. The summed E-state index contributed by atoms with van der Waals surface area (Å²) in [6.07, 6.45) is -4.79. The molecule has 20 heavy (non-hydrogen) atoms. The Kier molecular flexibility index (Phi) is 4.59. The molecule has 0 aromatic heterocycles. The number of benzene rings is 1. The summed E-state index contributed by atoms with van der Waals surface area (Å²) in [5.41, 5.74) is -2.85. The molecule has 112 valence electrons. The van der Waals surface area contributed by atoms with Crippen LogP contribution in [0.4, 0.5) is 28.0 Å². The van der Waals surface area contributed by atoms with Gasteiger partial charge in [0, 0.05) is 0 Å².